The predicted molar refractivity (Wildman–Crippen MR) is 91.6 cm³/mol. The highest BCUT2D eigenvalue weighted by Gasteiger charge is 2.37. The molecule has 6 nitrogen and oxygen atoms in total. The largest absolute Gasteiger partial charge is 0.377 e. The minimum absolute atomic E-state index is 0.0367. The SMILES string of the molecule is CCn1cnnc1C1CCN(C(=O)C2CCCOC2C(C)C)CC1. The molecular weight excluding hydrogens is 304 g/mol. The third-order valence-electron chi connectivity index (χ3n) is 5.50. The molecule has 2 fully saturated rings. The molecule has 2 atom stereocenters. The third-order valence-corrected chi connectivity index (χ3v) is 5.50. The molecule has 1 aromatic rings. The second kappa shape index (κ2) is 7.64. The Labute approximate surface area is 144 Å². The average Bonchev–Trinajstić information content (AvgIpc) is 3.10. The number of nitrogens with zero attached hydrogens (tertiary/aromatic N) is 4. The van der Waals surface area contributed by atoms with Gasteiger partial charge in [0.2, 0.25) is 5.91 Å². The number of rotatable bonds is 4. The van der Waals surface area contributed by atoms with E-state index >= 15 is 0 Å². The molecule has 0 aliphatic carbocycles. The predicted octanol–water partition coefficient (Wildman–Crippen LogP) is 2.46. The van der Waals surface area contributed by atoms with Gasteiger partial charge in [0.25, 0.3) is 0 Å². The molecule has 3 heterocycles. The number of carbonyl (C=O) groups is 1. The summed E-state index contributed by atoms with van der Waals surface area (Å²) in [6.45, 7) is 9.75. The van der Waals surface area contributed by atoms with Crippen LogP contribution in [0.5, 0.6) is 0 Å². The molecule has 0 bridgehead atoms. The summed E-state index contributed by atoms with van der Waals surface area (Å²) in [5, 5.41) is 8.34. The quantitative estimate of drug-likeness (QED) is 0.848. The van der Waals surface area contributed by atoms with Gasteiger partial charge in [-0.05, 0) is 38.5 Å². The van der Waals surface area contributed by atoms with Crippen molar-refractivity contribution >= 4 is 5.91 Å². The van der Waals surface area contributed by atoms with Gasteiger partial charge in [-0.1, -0.05) is 13.8 Å². The lowest BCUT2D eigenvalue weighted by Crippen LogP contribution is -2.48. The van der Waals surface area contributed by atoms with Crippen LogP contribution in [0.1, 0.15) is 58.2 Å². The lowest BCUT2D eigenvalue weighted by Gasteiger charge is -2.39. The van der Waals surface area contributed by atoms with Crippen LogP contribution < -0.4 is 0 Å². The van der Waals surface area contributed by atoms with Crippen molar-refractivity contribution in [2.75, 3.05) is 19.7 Å². The molecule has 0 saturated carbocycles. The van der Waals surface area contributed by atoms with Gasteiger partial charge in [-0.15, -0.1) is 10.2 Å². The maximum atomic E-state index is 13.0. The Morgan fingerprint density at radius 2 is 2.08 bits per heavy atom. The van der Waals surface area contributed by atoms with E-state index in [0.717, 1.165) is 57.7 Å². The Kier molecular flexibility index (Phi) is 5.54. The third kappa shape index (κ3) is 3.48. The Bertz CT molecular complexity index is 549. The summed E-state index contributed by atoms with van der Waals surface area (Å²) in [7, 11) is 0. The van der Waals surface area contributed by atoms with Crippen LogP contribution >= 0.6 is 0 Å². The van der Waals surface area contributed by atoms with E-state index in [-0.39, 0.29) is 12.0 Å². The van der Waals surface area contributed by atoms with Crippen LogP contribution in [0.25, 0.3) is 0 Å². The van der Waals surface area contributed by atoms with Crippen LogP contribution in [0.2, 0.25) is 0 Å². The van der Waals surface area contributed by atoms with Gasteiger partial charge in [0.05, 0.1) is 12.0 Å². The molecule has 0 aromatic carbocycles. The zero-order valence-corrected chi connectivity index (χ0v) is 15.1. The van der Waals surface area contributed by atoms with Gasteiger partial charge < -0.3 is 14.2 Å². The second-order valence-corrected chi connectivity index (χ2v) is 7.40. The summed E-state index contributed by atoms with van der Waals surface area (Å²) in [6, 6.07) is 0. The van der Waals surface area contributed by atoms with E-state index in [0.29, 0.717) is 17.7 Å². The molecule has 2 aliphatic heterocycles. The Morgan fingerprint density at radius 1 is 1.33 bits per heavy atom. The van der Waals surface area contributed by atoms with Crippen molar-refractivity contribution < 1.29 is 9.53 Å². The fourth-order valence-corrected chi connectivity index (χ4v) is 4.14. The van der Waals surface area contributed by atoms with Crippen LogP contribution in [0.4, 0.5) is 0 Å². The molecular formula is C18H30N4O2. The topological polar surface area (TPSA) is 60.2 Å². The van der Waals surface area contributed by atoms with Crippen LogP contribution in [0.3, 0.4) is 0 Å². The van der Waals surface area contributed by atoms with Crippen LogP contribution in [-0.4, -0.2) is 51.4 Å². The highest BCUT2D eigenvalue weighted by molar-refractivity contribution is 5.79. The first-order chi connectivity index (χ1) is 11.6. The average molecular weight is 334 g/mol. The first kappa shape index (κ1) is 17.4. The van der Waals surface area contributed by atoms with E-state index in [4.69, 9.17) is 4.74 Å². The maximum absolute atomic E-state index is 13.0. The van der Waals surface area contributed by atoms with Crippen molar-refractivity contribution in [1.29, 1.82) is 0 Å². The Hall–Kier alpha value is -1.43. The fourth-order valence-electron chi connectivity index (χ4n) is 4.14. The lowest BCUT2D eigenvalue weighted by atomic mass is 9.85. The van der Waals surface area contributed by atoms with Crippen molar-refractivity contribution in [3.63, 3.8) is 0 Å². The van der Waals surface area contributed by atoms with E-state index < -0.39 is 0 Å². The number of likely N-dealkylation sites (tertiary alicyclic amines) is 1. The molecule has 2 aliphatic rings. The molecule has 1 amide bonds. The van der Waals surface area contributed by atoms with Crippen LogP contribution in [-0.2, 0) is 16.1 Å². The first-order valence-corrected chi connectivity index (χ1v) is 9.39. The summed E-state index contributed by atoms with van der Waals surface area (Å²) in [5.74, 6) is 2.21. The zero-order chi connectivity index (χ0) is 17.1. The molecule has 0 radical (unpaired) electrons. The fraction of sp³-hybridized carbons (Fsp3) is 0.833. The number of aromatic nitrogens is 3. The molecule has 2 saturated heterocycles. The zero-order valence-electron chi connectivity index (χ0n) is 15.1. The van der Waals surface area contributed by atoms with Crippen molar-refractivity contribution in [2.45, 2.75) is 65.0 Å². The molecule has 24 heavy (non-hydrogen) atoms. The summed E-state index contributed by atoms with van der Waals surface area (Å²) in [6.07, 6.45) is 5.79. The van der Waals surface area contributed by atoms with Gasteiger partial charge in [-0.2, -0.15) is 0 Å². The first-order valence-electron chi connectivity index (χ1n) is 9.39. The standard InChI is InChI=1S/C18H30N4O2/c1-4-21-12-19-20-17(21)14-7-9-22(10-8-14)18(23)15-6-5-11-24-16(15)13(2)3/h12-16H,4-11H2,1-3H3. The highest BCUT2D eigenvalue weighted by Crippen LogP contribution is 2.31. The van der Waals surface area contributed by atoms with Gasteiger partial charge in [-0.25, -0.2) is 0 Å². The minimum Gasteiger partial charge on any atom is -0.377 e. The van der Waals surface area contributed by atoms with Crippen LogP contribution in [0, 0.1) is 11.8 Å². The Balaban J connectivity index is 1.60. The molecule has 0 N–H and O–H groups in total. The minimum atomic E-state index is 0.0367. The normalized spacial score (nSPS) is 26.1. The second-order valence-electron chi connectivity index (χ2n) is 7.40. The summed E-state index contributed by atoms with van der Waals surface area (Å²) >= 11 is 0. The Morgan fingerprint density at radius 3 is 2.75 bits per heavy atom. The van der Waals surface area contributed by atoms with Crippen molar-refractivity contribution in [3.05, 3.63) is 12.2 Å². The molecule has 1 aromatic heterocycles. The number of hydrogen-bond acceptors (Lipinski definition) is 4. The van der Waals surface area contributed by atoms with E-state index in [2.05, 4.69) is 40.4 Å². The van der Waals surface area contributed by atoms with Gasteiger partial charge in [-0.3, -0.25) is 4.79 Å². The molecule has 3 rings (SSSR count). The van der Waals surface area contributed by atoms with Gasteiger partial charge in [0.15, 0.2) is 0 Å². The van der Waals surface area contributed by atoms with E-state index in [1.807, 2.05) is 0 Å². The summed E-state index contributed by atoms with van der Waals surface area (Å²) in [4.78, 5) is 15.1. The van der Waals surface area contributed by atoms with Crippen molar-refractivity contribution in [1.82, 2.24) is 19.7 Å². The number of hydrogen-bond donors (Lipinski definition) is 0. The molecule has 2 unspecified atom stereocenters. The summed E-state index contributed by atoms with van der Waals surface area (Å²) in [5.41, 5.74) is 0. The van der Waals surface area contributed by atoms with Gasteiger partial charge >= 0.3 is 0 Å². The van der Waals surface area contributed by atoms with Gasteiger partial charge in [0.1, 0.15) is 12.2 Å². The lowest BCUT2D eigenvalue weighted by molar-refractivity contribution is -0.148. The summed E-state index contributed by atoms with van der Waals surface area (Å²) < 4.78 is 8.02. The molecule has 0 spiro atoms. The monoisotopic (exact) mass is 334 g/mol. The van der Waals surface area contributed by atoms with E-state index in [1.54, 1.807) is 6.33 Å². The van der Waals surface area contributed by atoms with E-state index in [1.165, 1.54) is 0 Å². The van der Waals surface area contributed by atoms with Gasteiger partial charge in [0, 0.05) is 32.2 Å². The molecule has 134 valence electrons. The van der Waals surface area contributed by atoms with Crippen LogP contribution in [0.15, 0.2) is 6.33 Å². The number of ether oxygens (including phenoxy) is 1. The van der Waals surface area contributed by atoms with Crippen molar-refractivity contribution in [2.24, 2.45) is 11.8 Å². The number of piperidine rings is 1. The van der Waals surface area contributed by atoms with Crippen molar-refractivity contribution in [3.8, 4) is 0 Å². The smallest absolute Gasteiger partial charge is 0.228 e. The number of amides is 1. The van der Waals surface area contributed by atoms with E-state index in [9.17, 15) is 4.79 Å². The maximum Gasteiger partial charge on any atom is 0.228 e. The highest BCUT2D eigenvalue weighted by atomic mass is 16.5. The molecule has 6 heteroatoms. The number of carbonyl (C=O) groups excluding carboxylic acids is 1. The number of aryl methyl sites for hydroxylation is 1.